The van der Waals surface area contributed by atoms with E-state index < -0.39 is 25.4 Å². The van der Waals surface area contributed by atoms with Gasteiger partial charge < -0.3 is 27.9 Å². The van der Waals surface area contributed by atoms with Crippen LogP contribution in [0, 0.1) is 0 Å². The Morgan fingerprint density at radius 3 is 2.61 bits per heavy atom. The molecule has 0 aromatic rings. The summed E-state index contributed by atoms with van der Waals surface area (Å²) < 4.78 is 42.2. The third kappa shape index (κ3) is 6.88. The number of halogens is 3. The first-order chi connectivity index (χ1) is 7.79. The van der Waals surface area contributed by atoms with Crippen molar-refractivity contribution in [2.45, 2.75) is 25.9 Å². The van der Waals surface area contributed by atoms with Crippen molar-refractivity contribution in [3.05, 3.63) is 0 Å². The predicted molar refractivity (Wildman–Crippen MR) is 58.5 cm³/mol. The standard InChI is InChI=1S/C9H17BF3N2O2.K/c1-7(2)14-9(16)8-5-17-4-3-15(8)6-10(11,12)13;/h7-8H,3-6H2,1-2H3,(H,14,16);/q-1;+1. The fraction of sp³-hybridized carbons (Fsp3) is 0.889. The summed E-state index contributed by atoms with van der Waals surface area (Å²) in [7, 11) is 0. The molecule has 0 aromatic heterocycles. The van der Waals surface area contributed by atoms with Gasteiger partial charge in [-0.2, -0.15) is 0 Å². The van der Waals surface area contributed by atoms with Crippen LogP contribution in [-0.4, -0.2) is 56.1 Å². The Hall–Kier alpha value is 0.881. The number of carbonyl (C=O) groups excluding carboxylic acids is 1. The second kappa shape index (κ2) is 8.23. The number of nitrogens with one attached hydrogen (secondary N) is 1. The molecular weight excluding hydrogens is 275 g/mol. The van der Waals surface area contributed by atoms with E-state index in [4.69, 9.17) is 4.74 Å². The zero-order valence-electron chi connectivity index (χ0n) is 11.0. The SMILES string of the molecule is CC(C)NC(=O)C1COCCN1C[B-](F)(F)F.[K+]. The van der Waals surface area contributed by atoms with E-state index in [0.717, 1.165) is 4.90 Å². The Kier molecular flexibility index (Phi) is 8.63. The maximum Gasteiger partial charge on any atom is 1.00 e. The molecule has 0 spiro atoms. The average molecular weight is 292 g/mol. The third-order valence-electron chi connectivity index (χ3n) is 2.41. The molecule has 0 bridgehead atoms. The number of amides is 1. The van der Waals surface area contributed by atoms with Crippen LogP contribution >= 0.6 is 0 Å². The van der Waals surface area contributed by atoms with Crippen LogP contribution in [0.2, 0.25) is 0 Å². The van der Waals surface area contributed by atoms with Gasteiger partial charge in [0, 0.05) is 12.6 Å². The van der Waals surface area contributed by atoms with E-state index in [9.17, 15) is 17.7 Å². The molecule has 1 unspecified atom stereocenters. The molecule has 1 N–H and O–H groups in total. The van der Waals surface area contributed by atoms with Crippen LogP contribution < -0.4 is 56.7 Å². The first-order valence-corrected chi connectivity index (χ1v) is 5.63. The van der Waals surface area contributed by atoms with Crippen molar-refractivity contribution >= 4 is 12.9 Å². The van der Waals surface area contributed by atoms with E-state index in [1.807, 2.05) is 0 Å². The zero-order valence-corrected chi connectivity index (χ0v) is 14.1. The first-order valence-electron chi connectivity index (χ1n) is 5.63. The van der Waals surface area contributed by atoms with Gasteiger partial charge in [0.1, 0.15) is 6.04 Å². The smallest absolute Gasteiger partial charge is 0.448 e. The minimum Gasteiger partial charge on any atom is -0.448 e. The summed E-state index contributed by atoms with van der Waals surface area (Å²) in [5.74, 6) is -0.403. The van der Waals surface area contributed by atoms with Gasteiger partial charge in [-0.1, -0.05) is 0 Å². The topological polar surface area (TPSA) is 41.6 Å². The van der Waals surface area contributed by atoms with Gasteiger partial charge in [0.2, 0.25) is 5.91 Å². The molecule has 9 heteroatoms. The van der Waals surface area contributed by atoms with Gasteiger partial charge in [0.25, 0.3) is 0 Å². The Morgan fingerprint density at radius 2 is 2.11 bits per heavy atom. The van der Waals surface area contributed by atoms with Gasteiger partial charge in [-0.25, -0.2) is 0 Å². The van der Waals surface area contributed by atoms with Crippen LogP contribution in [0.25, 0.3) is 0 Å². The van der Waals surface area contributed by atoms with Gasteiger partial charge >= 0.3 is 58.4 Å². The summed E-state index contributed by atoms with van der Waals surface area (Å²) in [5.41, 5.74) is 0. The van der Waals surface area contributed by atoms with Gasteiger partial charge in [-0.05, 0) is 20.3 Å². The van der Waals surface area contributed by atoms with Crippen molar-refractivity contribution in [2.75, 3.05) is 26.2 Å². The quantitative estimate of drug-likeness (QED) is 0.588. The number of hydrogen-bond acceptors (Lipinski definition) is 3. The number of nitrogens with zero attached hydrogens (tertiary/aromatic N) is 1. The van der Waals surface area contributed by atoms with Crippen molar-refractivity contribution < 1.29 is 73.9 Å². The van der Waals surface area contributed by atoms with Gasteiger partial charge in [0.15, 0.2) is 0 Å². The summed E-state index contributed by atoms with van der Waals surface area (Å²) in [6, 6.07) is -0.933. The van der Waals surface area contributed by atoms with Crippen LogP contribution in [0.15, 0.2) is 0 Å². The summed E-state index contributed by atoms with van der Waals surface area (Å²) >= 11 is 0. The van der Waals surface area contributed by atoms with Crippen LogP contribution in [0.5, 0.6) is 0 Å². The monoisotopic (exact) mass is 292 g/mol. The van der Waals surface area contributed by atoms with Crippen LogP contribution in [0.1, 0.15) is 13.8 Å². The number of morpholine rings is 1. The van der Waals surface area contributed by atoms with Crippen molar-refractivity contribution in [3.8, 4) is 0 Å². The fourth-order valence-electron chi connectivity index (χ4n) is 1.74. The molecule has 1 rings (SSSR count). The van der Waals surface area contributed by atoms with E-state index in [-0.39, 0.29) is 77.2 Å². The van der Waals surface area contributed by atoms with Gasteiger partial charge in [0.05, 0.1) is 13.2 Å². The fourth-order valence-corrected chi connectivity index (χ4v) is 1.74. The summed E-state index contributed by atoms with van der Waals surface area (Å²) in [4.78, 5) is 12.9. The Morgan fingerprint density at radius 1 is 1.50 bits per heavy atom. The minimum atomic E-state index is -4.92. The van der Waals surface area contributed by atoms with Crippen molar-refractivity contribution in [1.82, 2.24) is 10.2 Å². The van der Waals surface area contributed by atoms with Gasteiger partial charge in [-0.3, -0.25) is 4.79 Å². The largest absolute Gasteiger partial charge is 1.00 e. The maximum atomic E-state index is 12.4. The molecular formula is C9H17BF3KN2O2. The van der Waals surface area contributed by atoms with E-state index in [2.05, 4.69) is 5.32 Å². The summed E-state index contributed by atoms with van der Waals surface area (Å²) in [6.45, 7) is -1.01. The second-order valence-electron chi connectivity index (χ2n) is 4.46. The second-order valence-corrected chi connectivity index (χ2v) is 4.46. The van der Waals surface area contributed by atoms with Gasteiger partial charge in [-0.15, -0.1) is 0 Å². The van der Waals surface area contributed by atoms with E-state index >= 15 is 0 Å². The number of rotatable bonds is 4. The minimum absolute atomic E-state index is 0. The van der Waals surface area contributed by atoms with Crippen molar-refractivity contribution in [3.63, 3.8) is 0 Å². The Labute approximate surface area is 147 Å². The molecule has 0 aliphatic carbocycles. The van der Waals surface area contributed by atoms with Crippen molar-refractivity contribution in [1.29, 1.82) is 0 Å². The van der Waals surface area contributed by atoms with Crippen LogP contribution in [0.3, 0.4) is 0 Å². The number of carbonyl (C=O) groups is 1. The molecule has 18 heavy (non-hydrogen) atoms. The first kappa shape index (κ1) is 18.9. The molecule has 0 saturated carbocycles. The molecule has 1 aliphatic rings. The van der Waals surface area contributed by atoms with Crippen LogP contribution in [-0.2, 0) is 9.53 Å². The summed E-state index contributed by atoms with van der Waals surface area (Å²) in [6.07, 6.45) is -1.01. The molecule has 1 fully saturated rings. The van der Waals surface area contributed by atoms with Crippen molar-refractivity contribution in [2.24, 2.45) is 0 Å². The summed E-state index contributed by atoms with van der Waals surface area (Å²) in [5, 5.41) is 2.61. The molecule has 0 aromatic carbocycles. The Balaban J connectivity index is 0.00000289. The molecule has 1 amide bonds. The molecule has 100 valence electrons. The van der Waals surface area contributed by atoms with E-state index in [1.54, 1.807) is 13.8 Å². The molecule has 0 radical (unpaired) electrons. The van der Waals surface area contributed by atoms with E-state index in [0.29, 0.717) is 0 Å². The van der Waals surface area contributed by atoms with Crippen LogP contribution in [0.4, 0.5) is 12.9 Å². The molecule has 4 nitrogen and oxygen atoms in total. The normalized spacial score (nSPS) is 21.6. The zero-order chi connectivity index (χ0) is 13.1. The molecule has 1 heterocycles. The predicted octanol–water partition coefficient (Wildman–Crippen LogP) is -2.40. The third-order valence-corrected chi connectivity index (χ3v) is 2.41. The average Bonchev–Trinajstić information content (AvgIpc) is 2.14. The molecule has 1 aliphatic heterocycles. The molecule has 1 saturated heterocycles. The Bertz CT molecular complexity index is 279. The number of hydrogen-bond donors (Lipinski definition) is 1. The van der Waals surface area contributed by atoms with E-state index in [1.165, 1.54) is 0 Å². The molecule has 1 atom stereocenters. The maximum absolute atomic E-state index is 12.4. The number of ether oxygens (including phenoxy) is 1.